The number of nitrogens with zero attached hydrogens (tertiary/aromatic N) is 4. The Labute approximate surface area is 375 Å². The third kappa shape index (κ3) is 7.68. The summed E-state index contributed by atoms with van der Waals surface area (Å²) in [5.74, 6) is 2.14. The van der Waals surface area contributed by atoms with Crippen LogP contribution in [0.15, 0.2) is 79.0 Å². The van der Waals surface area contributed by atoms with Gasteiger partial charge in [0.2, 0.25) is 5.91 Å². The minimum Gasteiger partial charge on any atom is -0.488 e. The lowest BCUT2D eigenvalue weighted by Crippen LogP contribution is -2.52. The number of likely N-dealkylation sites (tertiary alicyclic amines) is 2. The molecule has 0 radical (unpaired) electrons. The first-order valence-electron chi connectivity index (χ1n) is 22.2. The Hall–Kier alpha value is -6.94. The van der Waals surface area contributed by atoms with Crippen LogP contribution in [0.25, 0.3) is 44.2 Å². The van der Waals surface area contributed by atoms with Crippen LogP contribution in [0.3, 0.4) is 0 Å². The van der Waals surface area contributed by atoms with Crippen molar-refractivity contribution in [3.05, 3.63) is 102 Å². The molecule has 10 rings (SSSR count). The van der Waals surface area contributed by atoms with Crippen LogP contribution in [0.1, 0.15) is 74.0 Å². The standard InChI is InChI=1S/C49H52N8O8/c1-25(2)41(54-48(60)63-4)47(59)57-37-18-30(37)19-39(57)45-51-35-14-12-28-17-34-32-13-11-29(16-31(32)24-65-40(34)20-33(28)43(35)53-45)36-21-50-44(52-36)38-15-26(23-62-3)22-56(38)46(58)42(55-49(61)64-5)27-9-7-6-8-10-27/h6-14,16-17,20-21,25-26,30,37-39,41-42H,15,18-19,22-24H2,1-5H3,(H,50,52)(H,51,53)(H,54,60)(H,55,61)/t26-,30+,37+,38-,39-,41-,42+/m0/s1. The third-order valence-corrected chi connectivity index (χ3v) is 13.6. The predicted molar refractivity (Wildman–Crippen MR) is 240 cm³/mol. The molecular weight excluding hydrogens is 829 g/mol. The van der Waals surface area contributed by atoms with Gasteiger partial charge in [-0.2, -0.15) is 0 Å². The van der Waals surface area contributed by atoms with Crippen LogP contribution in [0.5, 0.6) is 5.75 Å². The number of imidazole rings is 2. The molecule has 4 aliphatic rings. The van der Waals surface area contributed by atoms with Gasteiger partial charge in [0.15, 0.2) is 0 Å². The van der Waals surface area contributed by atoms with Gasteiger partial charge in [-0.3, -0.25) is 9.59 Å². The van der Waals surface area contributed by atoms with Gasteiger partial charge in [-0.1, -0.05) is 62.4 Å². The molecule has 65 heavy (non-hydrogen) atoms. The number of piperidine rings is 1. The number of benzene rings is 4. The van der Waals surface area contributed by atoms with E-state index in [0.29, 0.717) is 43.5 Å². The Balaban J connectivity index is 0.908. The molecule has 16 nitrogen and oxygen atoms in total. The summed E-state index contributed by atoms with van der Waals surface area (Å²) in [6.45, 7) is 5.12. The summed E-state index contributed by atoms with van der Waals surface area (Å²) in [5, 5.41) is 7.49. The predicted octanol–water partition coefficient (Wildman–Crippen LogP) is 7.34. The second kappa shape index (κ2) is 16.9. The average molecular weight is 881 g/mol. The number of H-pyrrole nitrogens is 2. The van der Waals surface area contributed by atoms with Crippen molar-refractivity contribution in [2.45, 2.75) is 69.9 Å². The van der Waals surface area contributed by atoms with Crippen LogP contribution in [-0.4, -0.2) is 100 Å². The highest BCUT2D eigenvalue weighted by atomic mass is 16.5. The summed E-state index contributed by atoms with van der Waals surface area (Å²) in [7, 11) is 4.23. The van der Waals surface area contributed by atoms with Crippen molar-refractivity contribution in [2.24, 2.45) is 17.8 Å². The Morgan fingerprint density at radius 1 is 0.846 bits per heavy atom. The second-order valence-corrected chi connectivity index (χ2v) is 18.0. The van der Waals surface area contributed by atoms with Gasteiger partial charge in [0.05, 0.1) is 55.8 Å². The topological polar surface area (TPSA) is 193 Å². The molecule has 5 heterocycles. The molecule has 336 valence electrons. The van der Waals surface area contributed by atoms with Gasteiger partial charge in [-0.15, -0.1) is 0 Å². The van der Waals surface area contributed by atoms with Crippen LogP contribution in [0.2, 0.25) is 0 Å². The van der Waals surface area contributed by atoms with Crippen molar-refractivity contribution < 1.29 is 38.1 Å². The van der Waals surface area contributed by atoms with Crippen molar-refractivity contribution in [1.29, 1.82) is 0 Å². The maximum Gasteiger partial charge on any atom is 0.407 e. The number of fused-ring (bicyclic) bond motifs is 7. The van der Waals surface area contributed by atoms with Gasteiger partial charge in [0.25, 0.3) is 5.91 Å². The summed E-state index contributed by atoms with van der Waals surface area (Å²) >= 11 is 0. The molecule has 2 aromatic heterocycles. The molecule has 0 spiro atoms. The molecule has 7 atom stereocenters. The average Bonchev–Trinajstić information content (AvgIpc) is 3.79. The summed E-state index contributed by atoms with van der Waals surface area (Å²) in [6.07, 6.45) is 2.88. The number of methoxy groups -OCH3 is 3. The van der Waals surface area contributed by atoms with E-state index in [-0.39, 0.29) is 41.8 Å². The van der Waals surface area contributed by atoms with Gasteiger partial charge in [-0.25, -0.2) is 19.6 Å². The SMILES string of the molecule is COC[C@H]1C[C@@H](c2ncc(-c3ccc4c(c3)COc3cc5c(ccc6nc([C@@H]7C[C@H]8C[C@H]8N7C(=O)[C@@H](NC(=O)OC)C(C)C)[nH]c65)cc3-4)[nH]2)N(C(=O)[C@H](NC(=O)OC)c2ccccc2)C1. The van der Waals surface area contributed by atoms with Crippen LogP contribution < -0.4 is 15.4 Å². The van der Waals surface area contributed by atoms with Gasteiger partial charge in [0, 0.05) is 36.6 Å². The molecule has 2 saturated heterocycles. The first-order valence-corrected chi connectivity index (χ1v) is 22.2. The van der Waals surface area contributed by atoms with E-state index >= 15 is 0 Å². The molecule has 4 aromatic carbocycles. The summed E-state index contributed by atoms with van der Waals surface area (Å²) in [4.78, 5) is 73.6. The van der Waals surface area contributed by atoms with E-state index in [4.69, 9.17) is 28.9 Å². The van der Waals surface area contributed by atoms with Crippen molar-refractivity contribution in [3.63, 3.8) is 0 Å². The maximum atomic E-state index is 14.3. The van der Waals surface area contributed by atoms with E-state index in [2.05, 4.69) is 57.0 Å². The fraction of sp³-hybridized carbons (Fsp3) is 0.388. The summed E-state index contributed by atoms with van der Waals surface area (Å²) in [6, 6.07) is 21.6. The van der Waals surface area contributed by atoms with Crippen molar-refractivity contribution in [1.82, 2.24) is 40.4 Å². The van der Waals surface area contributed by atoms with E-state index in [1.54, 1.807) is 18.2 Å². The van der Waals surface area contributed by atoms with Crippen molar-refractivity contribution >= 4 is 45.8 Å². The minimum atomic E-state index is -0.946. The molecule has 3 aliphatic heterocycles. The molecule has 4 N–H and O–H groups in total. The van der Waals surface area contributed by atoms with Crippen LogP contribution in [0, 0.1) is 17.8 Å². The Morgan fingerprint density at radius 3 is 2.42 bits per heavy atom. The number of aromatic nitrogens is 4. The van der Waals surface area contributed by atoms with Crippen LogP contribution in [0.4, 0.5) is 9.59 Å². The number of nitrogens with one attached hydrogen (secondary N) is 4. The highest BCUT2D eigenvalue weighted by Gasteiger charge is 2.56. The van der Waals surface area contributed by atoms with Gasteiger partial charge < -0.3 is 49.3 Å². The fourth-order valence-corrected chi connectivity index (χ4v) is 10.2. The number of hydrogen-bond donors (Lipinski definition) is 4. The molecule has 6 aromatic rings. The van der Waals surface area contributed by atoms with E-state index in [1.165, 1.54) is 14.2 Å². The largest absolute Gasteiger partial charge is 0.488 e. The Bertz CT molecular complexity index is 2820. The van der Waals surface area contributed by atoms with Crippen LogP contribution >= 0.6 is 0 Å². The number of rotatable bonds is 11. The Morgan fingerprint density at radius 2 is 1.65 bits per heavy atom. The van der Waals surface area contributed by atoms with Crippen LogP contribution in [-0.2, 0) is 30.4 Å². The highest BCUT2D eigenvalue weighted by molar-refractivity contribution is 6.07. The normalized spacial score (nSPS) is 21.6. The zero-order chi connectivity index (χ0) is 45.1. The molecule has 4 amide bonds. The lowest BCUT2D eigenvalue weighted by atomic mass is 9.92. The molecule has 1 aliphatic carbocycles. The lowest BCUT2D eigenvalue weighted by molar-refractivity contribution is -0.137. The molecule has 1 saturated carbocycles. The number of ether oxygens (including phenoxy) is 4. The summed E-state index contributed by atoms with van der Waals surface area (Å²) < 4.78 is 21.7. The van der Waals surface area contributed by atoms with E-state index < -0.39 is 24.3 Å². The number of aromatic amines is 2. The van der Waals surface area contributed by atoms with Gasteiger partial charge >= 0.3 is 12.2 Å². The number of hydrogen-bond acceptors (Lipinski definition) is 10. The molecular formula is C49H52N8O8. The third-order valence-electron chi connectivity index (χ3n) is 13.6. The van der Waals surface area contributed by atoms with E-state index in [9.17, 15) is 19.2 Å². The molecule has 3 fully saturated rings. The smallest absolute Gasteiger partial charge is 0.407 e. The quantitative estimate of drug-likeness (QED) is 0.102. The molecule has 0 bridgehead atoms. The summed E-state index contributed by atoms with van der Waals surface area (Å²) in [5.41, 5.74) is 7.15. The van der Waals surface area contributed by atoms with Gasteiger partial charge in [0.1, 0.15) is 36.1 Å². The zero-order valence-electron chi connectivity index (χ0n) is 36.9. The fourth-order valence-electron chi connectivity index (χ4n) is 10.2. The molecule has 16 heteroatoms. The van der Waals surface area contributed by atoms with Crippen molar-refractivity contribution in [2.75, 3.05) is 34.5 Å². The lowest BCUT2D eigenvalue weighted by Gasteiger charge is -2.31. The number of carbonyl (C=O) groups excluding carboxylic acids is 4. The highest BCUT2D eigenvalue weighted by Crippen LogP contribution is 2.54. The zero-order valence-corrected chi connectivity index (χ0v) is 36.9. The maximum absolute atomic E-state index is 14.3. The Kier molecular flexibility index (Phi) is 10.9. The molecule has 0 unspecified atom stereocenters. The van der Waals surface area contributed by atoms with Crippen molar-refractivity contribution in [3.8, 4) is 28.1 Å². The number of amides is 4. The minimum absolute atomic E-state index is 0.0696. The second-order valence-electron chi connectivity index (χ2n) is 18.0. The van der Waals surface area contributed by atoms with Gasteiger partial charge in [-0.05, 0) is 83.0 Å². The van der Waals surface area contributed by atoms with E-state index in [1.807, 2.05) is 55.1 Å². The first kappa shape index (κ1) is 42.0. The monoisotopic (exact) mass is 880 g/mol. The first-order chi connectivity index (χ1) is 31.5. The number of carbonyl (C=O) groups is 4. The van der Waals surface area contributed by atoms with E-state index in [0.717, 1.165) is 74.2 Å². The number of alkyl carbamates (subject to hydrolysis) is 2.